The van der Waals surface area contributed by atoms with Gasteiger partial charge in [0.25, 0.3) is 0 Å². The summed E-state index contributed by atoms with van der Waals surface area (Å²) < 4.78 is 4.73. The fourth-order valence-corrected chi connectivity index (χ4v) is 1.52. The summed E-state index contributed by atoms with van der Waals surface area (Å²) >= 11 is 0. The summed E-state index contributed by atoms with van der Waals surface area (Å²) in [6.45, 7) is 1.85. The summed E-state index contributed by atoms with van der Waals surface area (Å²) in [4.78, 5) is 24.0. The molecule has 1 unspecified atom stereocenters. The van der Waals surface area contributed by atoms with Crippen LogP contribution < -0.4 is 10.2 Å². The Labute approximate surface area is 112 Å². The largest absolute Gasteiger partial charge is 0.479 e. The number of carboxylic acid groups (broad SMARTS) is 1. The van der Waals surface area contributed by atoms with Crippen LogP contribution >= 0.6 is 0 Å². The number of carbonyl (C=O) groups is 2. The molecule has 1 aromatic rings. The lowest BCUT2D eigenvalue weighted by Crippen LogP contribution is -2.43. The quantitative estimate of drug-likeness (QED) is 0.840. The molecule has 0 spiro atoms. The van der Waals surface area contributed by atoms with Gasteiger partial charge in [-0.2, -0.15) is 0 Å². The van der Waals surface area contributed by atoms with Crippen molar-refractivity contribution in [2.24, 2.45) is 0 Å². The van der Waals surface area contributed by atoms with Gasteiger partial charge < -0.3 is 15.2 Å². The molecule has 0 aliphatic rings. The first-order valence-electron chi connectivity index (χ1n) is 5.79. The number of nitrogens with zero attached hydrogens (tertiary/aromatic N) is 1. The highest BCUT2D eigenvalue weighted by Gasteiger charge is 2.18. The molecule has 0 fully saturated rings. The second-order valence-electron chi connectivity index (χ2n) is 4.15. The van der Waals surface area contributed by atoms with Crippen LogP contribution in [0, 0.1) is 6.92 Å². The zero-order valence-corrected chi connectivity index (χ0v) is 11.2. The highest BCUT2D eigenvalue weighted by Crippen LogP contribution is 2.14. The van der Waals surface area contributed by atoms with Gasteiger partial charge in [0.15, 0.2) is 6.10 Å². The Kier molecular flexibility index (Phi) is 5.32. The number of amides is 2. The molecule has 1 rings (SSSR count). The number of ether oxygens (including phenoxy) is 1. The topological polar surface area (TPSA) is 78.9 Å². The van der Waals surface area contributed by atoms with E-state index in [4.69, 9.17) is 9.84 Å². The molecule has 0 heterocycles. The Bertz CT molecular complexity index is 462. The first-order chi connectivity index (χ1) is 8.95. The van der Waals surface area contributed by atoms with Gasteiger partial charge in [0.05, 0.1) is 6.54 Å². The standard InChI is InChI=1S/C13H18N2O4/c1-9-5-4-6-10(7-9)15(2)13(18)14-8-11(19-3)12(16)17/h4-7,11H,8H2,1-3H3,(H,14,18)(H,16,17). The van der Waals surface area contributed by atoms with E-state index in [-0.39, 0.29) is 12.6 Å². The van der Waals surface area contributed by atoms with Crippen molar-refractivity contribution in [3.05, 3.63) is 29.8 Å². The average molecular weight is 266 g/mol. The van der Waals surface area contributed by atoms with Gasteiger partial charge >= 0.3 is 12.0 Å². The maximum absolute atomic E-state index is 11.9. The molecule has 0 radical (unpaired) electrons. The maximum Gasteiger partial charge on any atom is 0.334 e. The molecule has 0 saturated heterocycles. The summed E-state index contributed by atoms with van der Waals surface area (Å²) in [5.74, 6) is -1.11. The molecule has 0 aliphatic heterocycles. The van der Waals surface area contributed by atoms with Crippen molar-refractivity contribution in [3.63, 3.8) is 0 Å². The predicted octanol–water partition coefficient (Wildman–Crippen LogP) is 1.24. The Balaban J connectivity index is 2.61. The molecular formula is C13H18N2O4. The number of benzene rings is 1. The summed E-state index contributed by atoms with van der Waals surface area (Å²) in [7, 11) is 2.90. The molecule has 0 bridgehead atoms. The molecule has 6 heteroatoms. The number of carboxylic acids is 1. The van der Waals surface area contributed by atoms with E-state index in [1.54, 1.807) is 13.1 Å². The van der Waals surface area contributed by atoms with Crippen molar-refractivity contribution >= 4 is 17.7 Å². The van der Waals surface area contributed by atoms with Crippen LogP contribution in [0.4, 0.5) is 10.5 Å². The first-order valence-corrected chi connectivity index (χ1v) is 5.79. The Morgan fingerprint density at radius 2 is 2.16 bits per heavy atom. The fourth-order valence-electron chi connectivity index (χ4n) is 1.52. The summed E-state index contributed by atoms with van der Waals surface area (Å²) in [5, 5.41) is 11.3. The van der Waals surface area contributed by atoms with Gasteiger partial charge in [-0.3, -0.25) is 4.90 Å². The second-order valence-corrected chi connectivity index (χ2v) is 4.15. The van der Waals surface area contributed by atoms with Crippen LogP contribution in [0.2, 0.25) is 0 Å². The Hall–Kier alpha value is -2.08. The number of aliphatic carboxylic acids is 1. The molecule has 19 heavy (non-hydrogen) atoms. The van der Waals surface area contributed by atoms with Crippen molar-refractivity contribution in [1.29, 1.82) is 0 Å². The van der Waals surface area contributed by atoms with Crippen molar-refractivity contribution in [2.75, 3.05) is 25.6 Å². The van der Waals surface area contributed by atoms with Crippen molar-refractivity contribution in [3.8, 4) is 0 Å². The number of rotatable bonds is 5. The third-order valence-corrected chi connectivity index (χ3v) is 2.69. The van der Waals surface area contributed by atoms with Crippen LogP contribution in [-0.4, -0.2) is 43.9 Å². The van der Waals surface area contributed by atoms with Crippen molar-refractivity contribution in [2.45, 2.75) is 13.0 Å². The number of hydrogen-bond donors (Lipinski definition) is 2. The van der Waals surface area contributed by atoms with Gasteiger partial charge in [0, 0.05) is 19.8 Å². The number of hydrogen-bond acceptors (Lipinski definition) is 3. The van der Waals surface area contributed by atoms with Crippen LogP contribution in [0.25, 0.3) is 0 Å². The van der Waals surface area contributed by atoms with Gasteiger partial charge in [-0.15, -0.1) is 0 Å². The minimum absolute atomic E-state index is 0.0825. The predicted molar refractivity (Wildman–Crippen MR) is 71.4 cm³/mol. The highest BCUT2D eigenvalue weighted by atomic mass is 16.5. The SMILES string of the molecule is COC(CNC(=O)N(C)c1cccc(C)c1)C(=O)O. The zero-order valence-electron chi connectivity index (χ0n) is 11.2. The normalized spacial score (nSPS) is 11.7. The second kappa shape index (κ2) is 6.75. The van der Waals surface area contributed by atoms with Crippen LogP contribution in [0.3, 0.4) is 0 Å². The van der Waals surface area contributed by atoms with E-state index in [9.17, 15) is 9.59 Å². The minimum atomic E-state index is -1.11. The summed E-state index contributed by atoms with van der Waals surface area (Å²) in [5.41, 5.74) is 1.78. The van der Waals surface area contributed by atoms with Crippen molar-refractivity contribution < 1.29 is 19.4 Å². The van der Waals surface area contributed by atoms with E-state index in [0.717, 1.165) is 11.3 Å². The molecule has 2 N–H and O–H groups in total. The molecule has 1 aromatic carbocycles. The Morgan fingerprint density at radius 1 is 1.47 bits per heavy atom. The van der Waals surface area contributed by atoms with Gasteiger partial charge in [-0.25, -0.2) is 9.59 Å². The number of anilines is 1. The zero-order chi connectivity index (χ0) is 14.4. The fraction of sp³-hybridized carbons (Fsp3) is 0.385. The van der Waals surface area contributed by atoms with Gasteiger partial charge in [-0.1, -0.05) is 12.1 Å². The monoisotopic (exact) mass is 266 g/mol. The average Bonchev–Trinajstić information content (AvgIpc) is 2.38. The van der Waals surface area contributed by atoms with Crippen LogP contribution in [-0.2, 0) is 9.53 Å². The number of nitrogens with one attached hydrogen (secondary N) is 1. The van der Waals surface area contributed by atoms with Crippen LogP contribution in [0.15, 0.2) is 24.3 Å². The first kappa shape index (κ1) is 15.0. The lowest BCUT2D eigenvalue weighted by atomic mass is 10.2. The van der Waals surface area contributed by atoms with E-state index in [1.165, 1.54) is 12.0 Å². The van der Waals surface area contributed by atoms with Crippen LogP contribution in [0.1, 0.15) is 5.56 Å². The highest BCUT2D eigenvalue weighted by molar-refractivity contribution is 5.91. The minimum Gasteiger partial charge on any atom is -0.479 e. The number of urea groups is 1. The third kappa shape index (κ3) is 4.26. The molecule has 0 aromatic heterocycles. The molecule has 104 valence electrons. The van der Waals surface area contributed by atoms with Crippen molar-refractivity contribution in [1.82, 2.24) is 5.32 Å². The maximum atomic E-state index is 11.9. The smallest absolute Gasteiger partial charge is 0.334 e. The molecule has 6 nitrogen and oxygen atoms in total. The van der Waals surface area contributed by atoms with Gasteiger partial charge in [0.2, 0.25) is 0 Å². The molecule has 1 atom stereocenters. The molecular weight excluding hydrogens is 248 g/mol. The number of methoxy groups -OCH3 is 1. The van der Waals surface area contributed by atoms with E-state index < -0.39 is 12.1 Å². The lowest BCUT2D eigenvalue weighted by molar-refractivity contribution is -0.147. The van der Waals surface area contributed by atoms with E-state index in [0.29, 0.717) is 0 Å². The summed E-state index contributed by atoms with van der Waals surface area (Å²) in [6.07, 6.45) is -1.05. The molecule has 0 saturated carbocycles. The van der Waals surface area contributed by atoms with Gasteiger partial charge in [0.1, 0.15) is 0 Å². The van der Waals surface area contributed by atoms with E-state index in [2.05, 4.69) is 5.32 Å². The van der Waals surface area contributed by atoms with E-state index in [1.807, 2.05) is 25.1 Å². The lowest BCUT2D eigenvalue weighted by Gasteiger charge is -2.19. The van der Waals surface area contributed by atoms with E-state index >= 15 is 0 Å². The number of aryl methyl sites for hydroxylation is 1. The van der Waals surface area contributed by atoms with Crippen LogP contribution in [0.5, 0.6) is 0 Å². The van der Waals surface area contributed by atoms with Gasteiger partial charge in [-0.05, 0) is 24.6 Å². The molecule has 0 aliphatic carbocycles. The molecule has 2 amide bonds. The summed E-state index contributed by atoms with van der Waals surface area (Å²) in [6, 6.07) is 7.07. The Morgan fingerprint density at radius 3 is 2.68 bits per heavy atom. The number of carbonyl (C=O) groups excluding carboxylic acids is 1. The third-order valence-electron chi connectivity index (χ3n) is 2.69.